The van der Waals surface area contributed by atoms with Gasteiger partial charge >= 0.3 is 6.18 Å². The second-order valence-corrected chi connectivity index (χ2v) is 9.73. The number of hydrogen-bond donors (Lipinski definition) is 1. The highest BCUT2D eigenvalue weighted by molar-refractivity contribution is 7.89. The zero-order valence-electron chi connectivity index (χ0n) is 18.7. The molecule has 0 aliphatic heterocycles. The van der Waals surface area contributed by atoms with Crippen molar-refractivity contribution in [1.29, 1.82) is 0 Å². The number of alkyl halides is 3. The Bertz CT molecular complexity index is 1520. The largest absolute Gasteiger partial charge is 0.443 e. The van der Waals surface area contributed by atoms with Crippen LogP contribution < -0.4 is 4.72 Å². The summed E-state index contributed by atoms with van der Waals surface area (Å²) in [6.07, 6.45) is -2.86. The molecule has 1 atom stereocenters. The monoisotopic (exact) mass is 521 g/mol. The molecule has 0 aliphatic rings. The standard InChI is InChI=1S/C24H19F4N3O4S/c1-14(31-36(33,34)23-12-17-11-19(25)7-9-22(17)35-23)21(32)8-2-15-10-20(30-29-13-15)16-3-5-18(6-4-16)24(26,27)28/h3-7,9-14,31H,2,8H2,1H3/t14-/m0/s1. The number of furan rings is 1. The van der Waals surface area contributed by atoms with Crippen molar-refractivity contribution in [2.45, 2.75) is 37.1 Å². The van der Waals surface area contributed by atoms with E-state index in [-0.39, 0.29) is 23.8 Å². The number of carbonyl (C=O) groups excluding carboxylic acids is 1. The molecule has 2 heterocycles. The van der Waals surface area contributed by atoms with E-state index in [2.05, 4.69) is 14.9 Å². The third-order valence-corrected chi connectivity index (χ3v) is 6.81. The Labute approximate surface area is 203 Å². The van der Waals surface area contributed by atoms with E-state index in [0.29, 0.717) is 16.8 Å². The molecule has 1 N–H and O–H groups in total. The van der Waals surface area contributed by atoms with Crippen molar-refractivity contribution in [3.05, 3.63) is 77.7 Å². The summed E-state index contributed by atoms with van der Waals surface area (Å²) in [6.45, 7) is 1.39. The molecule has 0 saturated heterocycles. The number of aryl methyl sites for hydroxylation is 1. The lowest BCUT2D eigenvalue weighted by molar-refractivity contribution is -0.137. The minimum absolute atomic E-state index is 0.0346. The molecule has 0 saturated carbocycles. The maximum atomic E-state index is 13.4. The van der Waals surface area contributed by atoms with Gasteiger partial charge in [-0.15, -0.1) is 0 Å². The SMILES string of the molecule is C[C@H](NS(=O)(=O)c1cc2cc(F)ccc2o1)C(=O)CCc1cnnc(-c2ccc(C(F)(F)F)cc2)c1. The van der Waals surface area contributed by atoms with Gasteiger partial charge in [-0.25, -0.2) is 12.8 Å². The van der Waals surface area contributed by atoms with Gasteiger partial charge in [-0.2, -0.15) is 28.1 Å². The van der Waals surface area contributed by atoms with E-state index in [9.17, 15) is 30.8 Å². The molecule has 12 heteroatoms. The van der Waals surface area contributed by atoms with Crippen LogP contribution >= 0.6 is 0 Å². The molecule has 0 unspecified atom stereocenters. The fraction of sp³-hybridized carbons (Fsp3) is 0.208. The normalized spacial score (nSPS) is 13.1. The van der Waals surface area contributed by atoms with E-state index in [4.69, 9.17) is 4.42 Å². The number of nitrogens with zero attached hydrogens (tertiary/aromatic N) is 2. The number of nitrogens with one attached hydrogen (secondary N) is 1. The summed E-state index contributed by atoms with van der Waals surface area (Å²) in [7, 11) is -4.18. The van der Waals surface area contributed by atoms with Crippen LogP contribution in [-0.4, -0.2) is 30.4 Å². The third kappa shape index (κ3) is 5.77. The lowest BCUT2D eigenvalue weighted by atomic mass is 10.0. The highest BCUT2D eigenvalue weighted by Gasteiger charge is 2.30. The van der Waals surface area contributed by atoms with E-state index in [0.717, 1.165) is 24.3 Å². The van der Waals surface area contributed by atoms with Gasteiger partial charge in [-0.05, 0) is 55.3 Å². The Hall–Kier alpha value is -3.64. The highest BCUT2D eigenvalue weighted by Crippen LogP contribution is 2.30. The second kappa shape index (κ2) is 9.78. The molecule has 4 aromatic rings. The molecule has 7 nitrogen and oxygen atoms in total. The summed E-state index contributed by atoms with van der Waals surface area (Å²) in [4.78, 5) is 12.6. The summed E-state index contributed by atoms with van der Waals surface area (Å²) in [5.41, 5.74) is 0.763. The maximum Gasteiger partial charge on any atom is 0.416 e. The predicted octanol–water partition coefficient (Wildman–Crippen LogP) is 4.92. The molecule has 0 spiro atoms. The van der Waals surface area contributed by atoms with Crippen LogP contribution in [-0.2, 0) is 27.4 Å². The molecule has 2 aromatic carbocycles. The summed E-state index contributed by atoms with van der Waals surface area (Å²) in [6, 6.07) is 9.72. The van der Waals surface area contributed by atoms with Crippen molar-refractivity contribution in [2.24, 2.45) is 0 Å². The van der Waals surface area contributed by atoms with Crippen LogP contribution in [0.15, 0.2) is 70.3 Å². The third-order valence-electron chi connectivity index (χ3n) is 5.41. The Morgan fingerprint density at radius 3 is 2.50 bits per heavy atom. The first-order valence-corrected chi connectivity index (χ1v) is 12.1. The van der Waals surface area contributed by atoms with Gasteiger partial charge in [0.2, 0.25) is 5.09 Å². The van der Waals surface area contributed by atoms with E-state index in [1.807, 2.05) is 0 Å². The Kier molecular flexibility index (Phi) is 6.92. The van der Waals surface area contributed by atoms with Crippen molar-refractivity contribution in [1.82, 2.24) is 14.9 Å². The number of ketones is 1. The lowest BCUT2D eigenvalue weighted by Gasteiger charge is -2.12. The van der Waals surface area contributed by atoms with Gasteiger partial charge in [-0.1, -0.05) is 12.1 Å². The molecule has 2 aromatic heterocycles. The van der Waals surface area contributed by atoms with Crippen LogP contribution in [0.25, 0.3) is 22.2 Å². The molecule has 0 bridgehead atoms. The van der Waals surface area contributed by atoms with Crippen molar-refractivity contribution in [3.8, 4) is 11.3 Å². The predicted molar refractivity (Wildman–Crippen MR) is 122 cm³/mol. The molecule has 0 radical (unpaired) electrons. The Balaban J connectivity index is 1.39. The minimum atomic E-state index is -4.45. The zero-order chi connectivity index (χ0) is 26.1. The highest BCUT2D eigenvalue weighted by atomic mass is 32.2. The van der Waals surface area contributed by atoms with E-state index >= 15 is 0 Å². The molecule has 0 fully saturated rings. The van der Waals surface area contributed by atoms with Gasteiger partial charge < -0.3 is 4.42 Å². The number of carbonyl (C=O) groups is 1. The first-order chi connectivity index (χ1) is 16.9. The number of hydrogen-bond acceptors (Lipinski definition) is 6. The summed E-state index contributed by atoms with van der Waals surface area (Å²) >= 11 is 0. The molecular weight excluding hydrogens is 502 g/mol. The molecule has 0 amide bonds. The fourth-order valence-electron chi connectivity index (χ4n) is 3.48. The van der Waals surface area contributed by atoms with Crippen molar-refractivity contribution < 1.29 is 35.2 Å². The van der Waals surface area contributed by atoms with Gasteiger partial charge in [-0.3, -0.25) is 4.79 Å². The zero-order valence-corrected chi connectivity index (χ0v) is 19.5. The average Bonchev–Trinajstić information content (AvgIpc) is 3.26. The van der Waals surface area contributed by atoms with Gasteiger partial charge in [0.25, 0.3) is 10.0 Å². The number of Topliss-reactive ketones (excluding diaryl/α,β-unsaturated/α-hetero) is 1. The van der Waals surface area contributed by atoms with E-state index in [1.54, 1.807) is 6.07 Å². The van der Waals surface area contributed by atoms with Crippen LogP contribution in [0, 0.1) is 5.82 Å². The van der Waals surface area contributed by atoms with Crippen LogP contribution in [0.3, 0.4) is 0 Å². The van der Waals surface area contributed by atoms with Crippen LogP contribution in [0.5, 0.6) is 0 Å². The summed E-state index contributed by atoms with van der Waals surface area (Å²) < 4.78 is 84.4. The first-order valence-electron chi connectivity index (χ1n) is 10.7. The second-order valence-electron chi connectivity index (χ2n) is 8.08. The minimum Gasteiger partial charge on any atom is -0.443 e. The topological polar surface area (TPSA) is 102 Å². The Morgan fingerprint density at radius 2 is 1.81 bits per heavy atom. The van der Waals surface area contributed by atoms with Gasteiger partial charge in [0.05, 0.1) is 23.5 Å². The lowest BCUT2D eigenvalue weighted by Crippen LogP contribution is -2.38. The molecule has 0 aliphatic carbocycles. The van der Waals surface area contributed by atoms with Crippen molar-refractivity contribution in [3.63, 3.8) is 0 Å². The average molecular weight is 521 g/mol. The summed E-state index contributed by atoms with van der Waals surface area (Å²) in [5.74, 6) is -0.954. The quantitative estimate of drug-likeness (QED) is 0.331. The fourth-order valence-corrected chi connectivity index (χ4v) is 4.67. The van der Waals surface area contributed by atoms with E-state index in [1.165, 1.54) is 37.4 Å². The van der Waals surface area contributed by atoms with Crippen LogP contribution in [0.1, 0.15) is 24.5 Å². The first kappa shape index (κ1) is 25.5. The molecular formula is C24H19F4N3O4S. The molecule has 36 heavy (non-hydrogen) atoms. The van der Waals surface area contributed by atoms with E-state index < -0.39 is 44.5 Å². The van der Waals surface area contributed by atoms with Crippen molar-refractivity contribution in [2.75, 3.05) is 0 Å². The number of halogens is 4. The Morgan fingerprint density at radius 1 is 1.08 bits per heavy atom. The number of aromatic nitrogens is 2. The number of rotatable bonds is 8. The number of fused-ring (bicyclic) bond motifs is 1. The summed E-state index contributed by atoms with van der Waals surface area (Å²) in [5, 5.41) is 7.60. The van der Waals surface area contributed by atoms with Crippen LogP contribution in [0.4, 0.5) is 17.6 Å². The molecule has 4 rings (SSSR count). The smallest absolute Gasteiger partial charge is 0.416 e. The van der Waals surface area contributed by atoms with Gasteiger partial charge in [0.15, 0.2) is 5.78 Å². The van der Waals surface area contributed by atoms with Crippen LogP contribution in [0.2, 0.25) is 0 Å². The number of benzene rings is 2. The maximum absolute atomic E-state index is 13.4. The molecule has 188 valence electrons. The number of sulfonamides is 1. The van der Waals surface area contributed by atoms with Gasteiger partial charge in [0, 0.05) is 23.4 Å². The van der Waals surface area contributed by atoms with Gasteiger partial charge in [0.1, 0.15) is 11.4 Å². The van der Waals surface area contributed by atoms with Crippen molar-refractivity contribution >= 4 is 26.8 Å².